The normalized spacial score (nSPS) is 27.1. The van der Waals surface area contributed by atoms with Crippen LogP contribution in [-0.4, -0.2) is 12.2 Å². The van der Waals surface area contributed by atoms with Gasteiger partial charge in [-0.15, -0.1) is 0 Å². The first kappa shape index (κ1) is 14.3. The Morgan fingerprint density at radius 2 is 1.84 bits per heavy atom. The van der Waals surface area contributed by atoms with E-state index in [1.165, 1.54) is 24.0 Å². The fourth-order valence-electron chi connectivity index (χ4n) is 2.93. The van der Waals surface area contributed by atoms with Crippen LogP contribution in [-0.2, 0) is 11.2 Å². The van der Waals surface area contributed by atoms with Crippen LogP contribution in [0.2, 0.25) is 0 Å². The molecular weight excluding hydrogens is 232 g/mol. The predicted octanol–water partition coefficient (Wildman–Crippen LogP) is 4.77. The van der Waals surface area contributed by atoms with Crippen LogP contribution >= 0.6 is 0 Å². The van der Waals surface area contributed by atoms with Crippen molar-refractivity contribution < 1.29 is 4.74 Å². The zero-order valence-electron chi connectivity index (χ0n) is 12.4. The SMILES string of the molecule is CCC[C@H]1O[C@H](CCc2ccccc2)C(C)=C[C@@H]1C. The summed E-state index contributed by atoms with van der Waals surface area (Å²) in [6, 6.07) is 10.7. The van der Waals surface area contributed by atoms with E-state index >= 15 is 0 Å². The summed E-state index contributed by atoms with van der Waals surface area (Å²) < 4.78 is 6.30. The van der Waals surface area contributed by atoms with Gasteiger partial charge in [0.2, 0.25) is 0 Å². The second kappa shape index (κ2) is 6.91. The molecule has 0 fully saturated rings. The second-order valence-electron chi connectivity index (χ2n) is 5.75. The zero-order valence-corrected chi connectivity index (χ0v) is 12.4. The maximum absolute atomic E-state index is 6.30. The average Bonchev–Trinajstić information content (AvgIpc) is 2.42. The number of benzene rings is 1. The third-order valence-corrected chi connectivity index (χ3v) is 4.07. The molecule has 3 atom stereocenters. The molecule has 0 aromatic heterocycles. The van der Waals surface area contributed by atoms with E-state index in [-0.39, 0.29) is 0 Å². The van der Waals surface area contributed by atoms with Crippen LogP contribution in [0.4, 0.5) is 0 Å². The van der Waals surface area contributed by atoms with Gasteiger partial charge in [-0.1, -0.05) is 56.7 Å². The lowest BCUT2D eigenvalue weighted by atomic mass is 9.91. The molecule has 1 aromatic rings. The molecule has 0 spiro atoms. The van der Waals surface area contributed by atoms with Gasteiger partial charge >= 0.3 is 0 Å². The van der Waals surface area contributed by atoms with Crippen molar-refractivity contribution >= 4 is 0 Å². The number of hydrogen-bond acceptors (Lipinski definition) is 1. The molecule has 1 aliphatic heterocycles. The van der Waals surface area contributed by atoms with Crippen molar-refractivity contribution in [2.24, 2.45) is 5.92 Å². The summed E-state index contributed by atoms with van der Waals surface area (Å²) >= 11 is 0. The molecule has 1 aromatic carbocycles. The molecule has 0 radical (unpaired) electrons. The highest BCUT2D eigenvalue weighted by molar-refractivity contribution is 5.17. The van der Waals surface area contributed by atoms with Crippen LogP contribution in [0.5, 0.6) is 0 Å². The maximum Gasteiger partial charge on any atom is 0.0789 e. The molecule has 1 heteroatoms. The minimum atomic E-state index is 0.313. The first-order chi connectivity index (χ1) is 9.20. The van der Waals surface area contributed by atoms with E-state index in [0.29, 0.717) is 18.1 Å². The van der Waals surface area contributed by atoms with Crippen molar-refractivity contribution in [1.82, 2.24) is 0 Å². The van der Waals surface area contributed by atoms with Gasteiger partial charge in [0.05, 0.1) is 12.2 Å². The average molecular weight is 258 g/mol. The van der Waals surface area contributed by atoms with E-state index in [0.717, 1.165) is 12.8 Å². The number of hydrogen-bond donors (Lipinski definition) is 0. The van der Waals surface area contributed by atoms with Gasteiger partial charge in [-0.2, -0.15) is 0 Å². The monoisotopic (exact) mass is 258 g/mol. The predicted molar refractivity (Wildman–Crippen MR) is 81.3 cm³/mol. The summed E-state index contributed by atoms with van der Waals surface area (Å²) in [5, 5.41) is 0. The highest BCUT2D eigenvalue weighted by atomic mass is 16.5. The van der Waals surface area contributed by atoms with E-state index < -0.39 is 0 Å². The Labute approximate surface area is 117 Å². The molecule has 0 aliphatic carbocycles. The van der Waals surface area contributed by atoms with Crippen molar-refractivity contribution in [3.63, 3.8) is 0 Å². The lowest BCUT2D eigenvalue weighted by Gasteiger charge is -2.33. The number of rotatable bonds is 5. The van der Waals surface area contributed by atoms with Crippen LogP contribution < -0.4 is 0 Å². The molecule has 0 bridgehead atoms. The fourth-order valence-corrected chi connectivity index (χ4v) is 2.93. The van der Waals surface area contributed by atoms with Gasteiger partial charge in [0.1, 0.15) is 0 Å². The Hall–Kier alpha value is -1.08. The third-order valence-electron chi connectivity index (χ3n) is 4.07. The van der Waals surface area contributed by atoms with Gasteiger partial charge < -0.3 is 4.74 Å². The third kappa shape index (κ3) is 3.94. The molecule has 0 N–H and O–H groups in total. The highest BCUT2D eigenvalue weighted by Crippen LogP contribution is 2.28. The van der Waals surface area contributed by atoms with Gasteiger partial charge in [0, 0.05) is 5.92 Å². The van der Waals surface area contributed by atoms with Crippen LogP contribution in [0.25, 0.3) is 0 Å². The van der Waals surface area contributed by atoms with Crippen molar-refractivity contribution in [3.05, 3.63) is 47.5 Å². The first-order valence-corrected chi connectivity index (χ1v) is 7.58. The summed E-state index contributed by atoms with van der Waals surface area (Å²) in [5.41, 5.74) is 2.82. The number of ether oxygens (including phenoxy) is 1. The standard InChI is InChI=1S/C18H26O/c1-4-8-17-14(2)13-15(3)18(19-17)12-11-16-9-6-5-7-10-16/h5-7,9-10,13-14,17-18H,4,8,11-12H2,1-3H3/t14-,17+,18+/m0/s1. The smallest absolute Gasteiger partial charge is 0.0789 e. The van der Waals surface area contributed by atoms with E-state index in [1.54, 1.807) is 0 Å². The molecule has 1 heterocycles. The van der Waals surface area contributed by atoms with E-state index in [4.69, 9.17) is 4.74 Å². The Morgan fingerprint density at radius 1 is 1.11 bits per heavy atom. The van der Waals surface area contributed by atoms with Crippen LogP contribution in [0, 0.1) is 5.92 Å². The Balaban J connectivity index is 1.94. The summed E-state index contributed by atoms with van der Waals surface area (Å²) in [4.78, 5) is 0. The summed E-state index contributed by atoms with van der Waals surface area (Å²) in [7, 11) is 0. The fraction of sp³-hybridized carbons (Fsp3) is 0.556. The van der Waals surface area contributed by atoms with E-state index in [9.17, 15) is 0 Å². The van der Waals surface area contributed by atoms with Crippen molar-refractivity contribution in [1.29, 1.82) is 0 Å². The van der Waals surface area contributed by atoms with Crippen molar-refractivity contribution in [3.8, 4) is 0 Å². The molecule has 104 valence electrons. The molecule has 0 saturated heterocycles. The minimum absolute atomic E-state index is 0.313. The van der Waals surface area contributed by atoms with Crippen LogP contribution in [0.15, 0.2) is 42.0 Å². The minimum Gasteiger partial charge on any atom is -0.370 e. The van der Waals surface area contributed by atoms with Gasteiger partial charge in [-0.05, 0) is 37.3 Å². The quantitative estimate of drug-likeness (QED) is 0.691. The lowest BCUT2D eigenvalue weighted by Crippen LogP contribution is -2.32. The molecular formula is C18H26O. The zero-order chi connectivity index (χ0) is 13.7. The molecule has 1 nitrogen and oxygen atoms in total. The summed E-state index contributed by atoms with van der Waals surface area (Å²) in [6.45, 7) is 6.73. The van der Waals surface area contributed by atoms with Gasteiger partial charge in [0.15, 0.2) is 0 Å². The summed E-state index contributed by atoms with van der Waals surface area (Å²) in [6.07, 6.45) is 7.71. The molecule has 0 unspecified atom stereocenters. The highest BCUT2D eigenvalue weighted by Gasteiger charge is 2.26. The molecule has 2 rings (SSSR count). The second-order valence-corrected chi connectivity index (χ2v) is 5.75. The number of aryl methyl sites for hydroxylation is 1. The molecule has 0 saturated carbocycles. The topological polar surface area (TPSA) is 9.23 Å². The van der Waals surface area contributed by atoms with E-state index in [1.807, 2.05) is 0 Å². The Morgan fingerprint density at radius 3 is 2.53 bits per heavy atom. The first-order valence-electron chi connectivity index (χ1n) is 7.58. The Kier molecular flexibility index (Phi) is 5.21. The van der Waals surface area contributed by atoms with Gasteiger partial charge in [-0.3, -0.25) is 0 Å². The van der Waals surface area contributed by atoms with Crippen molar-refractivity contribution in [2.45, 2.75) is 58.7 Å². The molecule has 1 aliphatic rings. The molecule has 19 heavy (non-hydrogen) atoms. The maximum atomic E-state index is 6.30. The lowest BCUT2D eigenvalue weighted by molar-refractivity contribution is -0.0320. The van der Waals surface area contributed by atoms with Crippen LogP contribution in [0.1, 0.15) is 45.6 Å². The van der Waals surface area contributed by atoms with Crippen molar-refractivity contribution in [2.75, 3.05) is 0 Å². The Bertz CT molecular complexity index is 407. The molecule has 0 amide bonds. The van der Waals surface area contributed by atoms with Crippen LogP contribution in [0.3, 0.4) is 0 Å². The van der Waals surface area contributed by atoms with Gasteiger partial charge in [0.25, 0.3) is 0 Å². The van der Waals surface area contributed by atoms with Gasteiger partial charge in [-0.25, -0.2) is 0 Å². The van der Waals surface area contributed by atoms with E-state index in [2.05, 4.69) is 57.2 Å². The largest absolute Gasteiger partial charge is 0.370 e. The summed E-state index contributed by atoms with van der Waals surface area (Å²) in [5.74, 6) is 0.563.